The lowest BCUT2D eigenvalue weighted by atomic mass is 10.3. The van der Waals surface area contributed by atoms with E-state index in [4.69, 9.17) is 11.6 Å². The number of benzene rings is 1. The Bertz CT molecular complexity index is 596. The average molecular weight is 289 g/mol. The van der Waals surface area contributed by atoms with E-state index in [1.54, 1.807) is 18.2 Å². The second-order valence-corrected chi connectivity index (χ2v) is 4.35. The Morgan fingerprint density at radius 3 is 2.60 bits per heavy atom. The van der Waals surface area contributed by atoms with Gasteiger partial charge in [0, 0.05) is 17.3 Å². The molecule has 0 saturated heterocycles. The molecule has 0 radical (unpaired) electrons. The Hall–Kier alpha value is -2.40. The zero-order chi connectivity index (χ0) is 14.4. The predicted molar refractivity (Wildman–Crippen MR) is 79.3 cm³/mol. The lowest BCUT2D eigenvalue weighted by molar-refractivity contribution is 0.0952. The Morgan fingerprint density at radius 1 is 1.25 bits per heavy atom. The summed E-state index contributed by atoms with van der Waals surface area (Å²) in [4.78, 5) is 19.8. The molecule has 102 valence electrons. The minimum atomic E-state index is -0.282. The molecule has 2 aromatic rings. The topological polar surface area (TPSA) is 66.9 Å². The number of amides is 1. The van der Waals surface area contributed by atoms with Gasteiger partial charge in [-0.2, -0.15) is 0 Å². The summed E-state index contributed by atoms with van der Waals surface area (Å²) in [5.41, 5.74) is 1.10. The first-order chi connectivity index (χ1) is 9.69. The number of aromatic nitrogens is 2. The fraction of sp³-hybridized carbons (Fsp3) is 0.0714. The van der Waals surface area contributed by atoms with Crippen molar-refractivity contribution in [1.29, 1.82) is 0 Å². The molecule has 0 bridgehead atoms. The fourth-order valence-corrected chi connectivity index (χ4v) is 1.57. The first-order valence-electron chi connectivity index (χ1n) is 5.93. The molecule has 0 aliphatic rings. The SMILES string of the molecule is C=CCNC(=O)c1cnc(Nc2ccc(Cl)cc2)cn1. The molecule has 1 amide bonds. The lowest BCUT2D eigenvalue weighted by Crippen LogP contribution is -2.24. The maximum absolute atomic E-state index is 11.6. The summed E-state index contributed by atoms with van der Waals surface area (Å²) in [6.45, 7) is 3.92. The van der Waals surface area contributed by atoms with Gasteiger partial charge in [-0.1, -0.05) is 17.7 Å². The second kappa shape index (κ2) is 6.68. The third-order valence-corrected chi connectivity index (χ3v) is 2.66. The number of halogens is 1. The number of nitrogens with one attached hydrogen (secondary N) is 2. The molecule has 0 spiro atoms. The summed E-state index contributed by atoms with van der Waals surface area (Å²) in [6.07, 6.45) is 4.51. The predicted octanol–water partition coefficient (Wildman–Crippen LogP) is 2.79. The van der Waals surface area contributed by atoms with Crippen molar-refractivity contribution in [3.8, 4) is 0 Å². The first kappa shape index (κ1) is 14.0. The number of nitrogens with zero attached hydrogens (tertiary/aromatic N) is 2. The van der Waals surface area contributed by atoms with Crippen LogP contribution in [0.15, 0.2) is 49.3 Å². The highest BCUT2D eigenvalue weighted by Gasteiger charge is 2.06. The van der Waals surface area contributed by atoms with Crippen molar-refractivity contribution in [2.45, 2.75) is 0 Å². The van der Waals surface area contributed by atoms with Crippen LogP contribution in [0.4, 0.5) is 11.5 Å². The molecule has 1 aromatic carbocycles. The van der Waals surface area contributed by atoms with E-state index in [0.717, 1.165) is 5.69 Å². The van der Waals surface area contributed by atoms with Crippen molar-refractivity contribution < 1.29 is 4.79 Å². The molecule has 0 unspecified atom stereocenters. The third-order valence-electron chi connectivity index (χ3n) is 2.41. The minimum Gasteiger partial charge on any atom is -0.347 e. The number of carbonyl (C=O) groups excluding carboxylic acids is 1. The van der Waals surface area contributed by atoms with E-state index in [0.29, 0.717) is 17.4 Å². The molecule has 1 aromatic heterocycles. The lowest BCUT2D eigenvalue weighted by Gasteiger charge is -2.06. The van der Waals surface area contributed by atoms with Crippen LogP contribution in [0.25, 0.3) is 0 Å². The van der Waals surface area contributed by atoms with Gasteiger partial charge in [-0.25, -0.2) is 9.97 Å². The molecule has 2 rings (SSSR count). The molecule has 0 aliphatic carbocycles. The van der Waals surface area contributed by atoms with Gasteiger partial charge in [0.2, 0.25) is 0 Å². The summed E-state index contributed by atoms with van der Waals surface area (Å²) in [5.74, 6) is 0.267. The summed E-state index contributed by atoms with van der Waals surface area (Å²) >= 11 is 5.80. The molecular weight excluding hydrogens is 276 g/mol. The maximum Gasteiger partial charge on any atom is 0.271 e. The van der Waals surface area contributed by atoms with Gasteiger partial charge in [-0.05, 0) is 24.3 Å². The highest BCUT2D eigenvalue weighted by atomic mass is 35.5. The fourth-order valence-electron chi connectivity index (χ4n) is 1.45. The summed E-state index contributed by atoms with van der Waals surface area (Å²) in [5, 5.41) is 6.35. The quantitative estimate of drug-likeness (QED) is 0.830. The third kappa shape index (κ3) is 3.80. The molecule has 20 heavy (non-hydrogen) atoms. The highest BCUT2D eigenvalue weighted by molar-refractivity contribution is 6.30. The van der Waals surface area contributed by atoms with Crippen molar-refractivity contribution in [2.24, 2.45) is 0 Å². The van der Waals surface area contributed by atoms with Crippen LogP contribution in [0.3, 0.4) is 0 Å². The number of hydrogen-bond acceptors (Lipinski definition) is 4. The van der Waals surface area contributed by atoms with Gasteiger partial charge in [0.1, 0.15) is 11.5 Å². The van der Waals surface area contributed by atoms with Gasteiger partial charge in [0.25, 0.3) is 5.91 Å². The molecule has 1 heterocycles. The summed E-state index contributed by atoms with van der Waals surface area (Å²) in [6, 6.07) is 7.20. The zero-order valence-electron chi connectivity index (χ0n) is 10.6. The largest absolute Gasteiger partial charge is 0.347 e. The van der Waals surface area contributed by atoms with Crippen LogP contribution in [-0.2, 0) is 0 Å². The van der Waals surface area contributed by atoms with E-state index in [1.165, 1.54) is 12.4 Å². The number of anilines is 2. The zero-order valence-corrected chi connectivity index (χ0v) is 11.4. The Balaban J connectivity index is 2.02. The minimum absolute atomic E-state index is 0.258. The van der Waals surface area contributed by atoms with Crippen molar-refractivity contribution in [3.63, 3.8) is 0 Å². The van der Waals surface area contributed by atoms with E-state index in [1.807, 2.05) is 12.1 Å². The molecule has 0 atom stereocenters. The average Bonchev–Trinajstić information content (AvgIpc) is 2.48. The molecule has 5 nitrogen and oxygen atoms in total. The Morgan fingerprint density at radius 2 is 2.00 bits per heavy atom. The van der Waals surface area contributed by atoms with E-state index < -0.39 is 0 Å². The summed E-state index contributed by atoms with van der Waals surface area (Å²) in [7, 11) is 0. The number of hydrogen-bond donors (Lipinski definition) is 2. The van der Waals surface area contributed by atoms with E-state index in [2.05, 4.69) is 27.2 Å². The number of rotatable bonds is 5. The maximum atomic E-state index is 11.6. The van der Waals surface area contributed by atoms with E-state index in [9.17, 15) is 4.79 Å². The molecular formula is C14H13ClN4O. The van der Waals surface area contributed by atoms with Crippen LogP contribution in [0, 0.1) is 0 Å². The van der Waals surface area contributed by atoms with Crippen molar-refractivity contribution in [1.82, 2.24) is 15.3 Å². The normalized spacial score (nSPS) is 9.85. The Kier molecular flexibility index (Phi) is 4.68. The van der Waals surface area contributed by atoms with Gasteiger partial charge < -0.3 is 10.6 Å². The molecule has 0 fully saturated rings. The second-order valence-electron chi connectivity index (χ2n) is 3.92. The molecule has 2 N–H and O–H groups in total. The molecule has 6 heteroatoms. The molecule has 0 aliphatic heterocycles. The van der Waals surface area contributed by atoms with Crippen LogP contribution in [0.2, 0.25) is 5.02 Å². The first-order valence-corrected chi connectivity index (χ1v) is 6.30. The van der Waals surface area contributed by atoms with Crippen LogP contribution in [0.1, 0.15) is 10.5 Å². The van der Waals surface area contributed by atoms with E-state index in [-0.39, 0.29) is 11.6 Å². The van der Waals surface area contributed by atoms with Gasteiger partial charge in [0.15, 0.2) is 0 Å². The Labute approximate surface area is 121 Å². The monoisotopic (exact) mass is 288 g/mol. The standard InChI is InChI=1S/C14H13ClN4O/c1-2-7-16-14(20)12-8-18-13(9-17-12)19-11-5-3-10(15)4-6-11/h2-6,8-9H,1,7H2,(H,16,20)(H,18,19). The van der Waals surface area contributed by atoms with Gasteiger partial charge in [-0.3, -0.25) is 4.79 Å². The van der Waals surface area contributed by atoms with Crippen molar-refractivity contribution in [3.05, 3.63) is 60.0 Å². The smallest absolute Gasteiger partial charge is 0.271 e. The van der Waals surface area contributed by atoms with Crippen LogP contribution in [0.5, 0.6) is 0 Å². The van der Waals surface area contributed by atoms with Crippen LogP contribution >= 0.6 is 11.6 Å². The number of carbonyl (C=O) groups is 1. The van der Waals surface area contributed by atoms with Gasteiger partial charge in [-0.15, -0.1) is 6.58 Å². The summed E-state index contributed by atoms with van der Waals surface area (Å²) < 4.78 is 0. The van der Waals surface area contributed by atoms with Gasteiger partial charge in [0.05, 0.1) is 12.4 Å². The molecule has 0 saturated carbocycles. The van der Waals surface area contributed by atoms with E-state index >= 15 is 0 Å². The van der Waals surface area contributed by atoms with Crippen LogP contribution < -0.4 is 10.6 Å². The van der Waals surface area contributed by atoms with Crippen LogP contribution in [-0.4, -0.2) is 22.4 Å². The van der Waals surface area contributed by atoms with Crippen molar-refractivity contribution >= 4 is 29.0 Å². The van der Waals surface area contributed by atoms with Gasteiger partial charge >= 0.3 is 0 Å². The van der Waals surface area contributed by atoms with Crippen molar-refractivity contribution in [2.75, 3.05) is 11.9 Å². The highest BCUT2D eigenvalue weighted by Crippen LogP contribution is 2.16.